The van der Waals surface area contributed by atoms with Crippen LogP contribution in [0, 0.1) is 0 Å². The maximum absolute atomic E-state index is 12.3. The van der Waals surface area contributed by atoms with Crippen molar-refractivity contribution in [2.45, 2.75) is 11.3 Å². The van der Waals surface area contributed by atoms with Crippen LogP contribution in [0.3, 0.4) is 0 Å². The van der Waals surface area contributed by atoms with Gasteiger partial charge in [-0.05, 0) is 24.3 Å². The molecule has 24 heavy (non-hydrogen) atoms. The molecule has 0 atom stereocenters. The summed E-state index contributed by atoms with van der Waals surface area (Å²) in [6, 6.07) is 8.02. The monoisotopic (exact) mass is 385 g/mol. The first-order chi connectivity index (χ1) is 11.3. The number of sulfonamides is 1. The molecule has 0 bridgehead atoms. The molecule has 0 aromatic heterocycles. The fraction of sp³-hybridized carbons (Fsp3) is 0.0667. The van der Waals surface area contributed by atoms with E-state index < -0.39 is 21.9 Å². The van der Waals surface area contributed by atoms with Crippen molar-refractivity contribution in [2.24, 2.45) is 0 Å². The lowest BCUT2D eigenvalue weighted by Crippen LogP contribution is -2.30. The Kier molecular flexibility index (Phi) is 4.25. The highest BCUT2D eigenvalue weighted by atomic mass is 35.5. The molecule has 0 radical (unpaired) electrons. The number of benzene rings is 2. The van der Waals surface area contributed by atoms with E-state index in [1.165, 1.54) is 36.4 Å². The van der Waals surface area contributed by atoms with E-state index in [1.54, 1.807) is 0 Å². The van der Waals surface area contributed by atoms with Gasteiger partial charge in [-0.2, -0.15) is 0 Å². The van der Waals surface area contributed by atoms with Crippen LogP contribution >= 0.6 is 23.2 Å². The second-order valence-electron chi connectivity index (χ2n) is 4.98. The summed E-state index contributed by atoms with van der Waals surface area (Å²) in [6.45, 7) is 0. The Bertz CT molecular complexity index is 972. The highest BCUT2D eigenvalue weighted by Crippen LogP contribution is 2.29. The molecule has 9 heteroatoms. The molecule has 1 aliphatic heterocycles. The van der Waals surface area contributed by atoms with Crippen LogP contribution in [-0.4, -0.2) is 20.3 Å². The number of amides is 1. The van der Waals surface area contributed by atoms with Crippen molar-refractivity contribution in [3.05, 3.63) is 57.6 Å². The molecule has 0 spiro atoms. The molecule has 1 aliphatic rings. The van der Waals surface area contributed by atoms with Crippen LogP contribution in [0.2, 0.25) is 10.0 Å². The molecular weight excluding hydrogens is 377 g/mol. The molecule has 1 heterocycles. The summed E-state index contributed by atoms with van der Waals surface area (Å²) in [4.78, 5) is 23.2. The third-order valence-electron chi connectivity index (χ3n) is 3.31. The summed E-state index contributed by atoms with van der Waals surface area (Å²) < 4.78 is 31.5. The van der Waals surface area contributed by atoms with Crippen LogP contribution in [0.5, 0.6) is 5.75 Å². The number of halogens is 2. The van der Waals surface area contributed by atoms with Crippen molar-refractivity contribution in [1.29, 1.82) is 0 Å². The van der Waals surface area contributed by atoms with Crippen molar-refractivity contribution >= 4 is 45.1 Å². The summed E-state index contributed by atoms with van der Waals surface area (Å²) >= 11 is 11.6. The molecule has 3 rings (SSSR count). The lowest BCUT2D eigenvalue weighted by atomic mass is 10.2. The van der Waals surface area contributed by atoms with Gasteiger partial charge in [0, 0.05) is 16.7 Å². The predicted octanol–water partition coefficient (Wildman–Crippen LogP) is 2.57. The van der Waals surface area contributed by atoms with Gasteiger partial charge in [-0.1, -0.05) is 29.3 Å². The van der Waals surface area contributed by atoms with E-state index in [9.17, 15) is 18.0 Å². The molecular formula is C15H9Cl2NO5S. The zero-order valence-corrected chi connectivity index (χ0v) is 14.2. The van der Waals surface area contributed by atoms with Gasteiger partial charge in [0.15, 0.2) is 0 Å². The quantitative estimate of drug-likeness (QED) is 0.647. The molecule has 124 valence electrons. The smallest absolute Gasteiger partial charge is 0.315 e. The Morgan fingerprint density at radius 3 is 2.58 bits per heavy atom. The third kappa shape index (κ3) is 3.24. The summed E-state index contributed by atoms with van der Waals surface area (Å²) in [5.41, 5.74) is 0.559. The largest absolute Gasteiger partial charge is 0.426 e. The van der Waals surface area contributed by atoms with E-state index in [-0.39, 0.29) is 27.7 Å². The average Bonchev–Trinajstić information content (AvgIpc) is 2.85. The van der Waals surface area contributed by atoms with Gasteiger partial charge in [-0.25, -0.2) is 13.1 Å². The summed E-state index contributed by atoms with van der Waals surface area (Å²) in [6.07, 6.45) is 0.0857. The van der Waals surface area contributed by atoms with E-state index in [4.69, 9.17) is 27.9 Å². The van der Waals surface area contributed by atoms with E-state index >= 15 is 0 Å². The minimum Gasteiger partial charge on any atom is -0.426 e. The Labute approximate surface area is 147 Å². The predicted molar refractivity (Wildman–Crippen MR) is 86.9 cm³/mol. The Balaban J connectivity index is 1.88. The van der Waals surface area contributed by atoms with Crippen LogP contribution in [0.1, 0.15) is 15.9 Å². The van der Waals surface area contributed by atoms with Gasteiger partial charge in [-0.3, -0.25) is 9.59 Å². The zero-order chi connectivity index (χ0) is 17.5. The van der Waals surface area contributed by atoms with Crippen molar-refractivity contribution in [1.82, 2.24) is 4.72 Å². The van der Waals surface area contributed by atoms with Crippen molar-refractivity contribution < 1.29 is 22.7 Å². The Morgan fingerprint density at radius 2 is 1.88 bits per heavy atom. The molecule has 0 saturated heterocycles. The first-order valence-corrected chi connectivity index (χ1v) is 8.86. The number of hydrogen-bond acceptors (Lipinski definition) is 5. The maximum Gasteiger partial charge on any atom is 0.315 e. The van der Waals surface area contributed by atoms with E-state index in [1.807, 2.05) is 4.72 Å². The molecule has 2 aromatic carbocycles. The van der Waals surface area contributed by atoms with Crippen molar-refractivity contribution in [3.63, 3.8) is 0 Å². The van der Waals surface area contributed by atoms with Gasteiger partial charge in [0.1, 0.15) is 5.75 Å². The highest BCUT2D eigenvalue weighted by molar-refractivity contribution is 7.90. The third-order valence-corrected chi connectivity index (χ3v) is 5.19. The number of fused-ring (bicyclic) bond motifs is 1. The van der Waals surface area contributed by atoms with E-state index in [0.717, 1.165) is 0 Å². The van der Waals surface area contributed by atoms with Crippen LogP contribution in [0.15, 0.2) is 41.3 Å². The van der Waals surface area contributed by atoms with E-state index in [2.05, 4.69) is 0 Å². The van der Waals surface area contributed by atoms with Crippen LogP contribution in [0.25, 0.3) is 0 Å². The first kappa shape index (κ1) is 16.8. The Hall–Kier alpha value is -2.09. The van der Waals surface area contributed by atoms with Crippen molar-refractivity contribution in [2.75, 3.05) is 0 Å². The summed E-state index contributed by atoms with van der Waals surface area (Å²) in [7, 11) is -4.16. The summed E-state index contributed by atoms with van der Waals surface area (Å²) in [5.74, 6) is -1.19. The highest BCUT2D eigenvalue weighted by Gasteiger charge is 2.25. The number of nitrogens with one attached hydrogen (secondary N) is 1. The van der Waals surface area contributed by atoms with Gasteiger partial charge in [0.05, 0.1) is 21.9 Å². The van der Waals surface area contributed by atoms with Crippen LogP contribution < -0.4 is 9.46 Å². The minimum absolute atomic E-state index is 0.0260. The Morgan fingerprint density at radius 1 is 1.12 bits per heavy atom. The number of carbonyl (C=O) groups is 2. The van der Waals surface area contributed by atoms with Gasteiger partial charge in [0.2, 0.25) is 0 Å². The van der Waals surface area contributed by atoms with Gasteiger partial charge in [-0.15, -0.1) is 0 Å². The van der Waals surface area contributed by atoms with Crippen molar-refractivity contribution in [3.8, 4) is 5.75 Å². The van der Waals surface area contributed by atoms with Crippen LogP contribution in [-0.2, 0) is 21.2 Å². The van der Waals surface area contributed by atoms with Crippen LogP contribution in [0.4, 0.5) is 0 Å². The summed E-state index contributed by atoms with van der Waals surface area (Å²) in [5, 5.41) is 0.345. The lowest BCUT2D eigenvalue weighted by Gasteiger charge is -2.09. The van der Waals surface area contributed by atoms with E-state index in [0.29, 0.717) is 10.6 Å². The fourth-order valence-corrected chi connectivity index (χ4v) is 3.64. The second kappa shape index (κ2) is 6.08. The molecule has 1 amide bonds. The lowest BCUT2D eigenvalue weighted by molar-refractivity contribution is -0.131. The molecule has 0 fully saturated rings. The molecule has 6 nitrogen and oxygen atoms in total. The SMILES string of the molecule is O=C1Cc2ccc(S(=O)(=O)NC(=O)c3ccc(Cl)cc3Cl)cc2O1. The number of esters is 1. The standard InChI is InChI=1S/C15H9Cl2NO5S/c16-9-2-4-11(12(17)6-9)15(20)18-24(21,22)10-3-1-8-5-14(19)23-13(8)7-10/h1-4,6-7H,5H2,(H,18,20). The second-order valence-corrected chi connectivity index (χ2v) is 7.51. The normalized spacial score (nSPS) is 13.3. The molecule has 0 unspecified atom stereocenters. The number of carbonyl (C=O) groups excluding carboxylic acids is 2. The number of hydrogen-bond donors (Lipinski definition) is 1. The van der Waals surface area contributed by atoms with Gasteiger partial charge in [0.25, 0.3) is 15.9 Å². The topological polar surface area (TPSA) is 89.5 Å². The fourth-order valence-electron chi connectivity index (χ4n) is 2.17. The van der Waals surface area contributed by atoms with Gasteiger partial charge >= 0.3 is 5.97 Å². The maximum atomic E-state index is 12.3. The van der Waals surface area contributed by atoms with Gasteiger partial charge < -0.3 is 4.74 Å². The molecule has 1 N–H and O–H groups in total. The molecule has 2 aromatic rings. The number of ether oxygens (including phenoxy) is 1. The number of rotatable bonds is 3. The zero-order valence-electron chi connectivity index (χ0n) is 11.9. The molecule has 0 aliphatic carbocycles. The minimum atomic E-state index is -4.16. The average molecular weight is 386 g/mol. The molecule has 0 saturated carbocycles. The first-order valence-electron chi connectivity index (χ1n) is 6.62.